The lowest BCUT2D eigenvalue weighted by molar-refractivity contribution is 0.102. The molecule has 0 fully saturated rings. The molecule has 1 heterocycles. The normalized spacial score (nSPS) is 10.5. The molecule has 0 aliphatic carbocycles. The van der Waals surface area contributed by atoms with Gasteiger partial charge in [-0.2, -0.15) is 5.10 Å². The molecule has 0 atom stereocenters. The van der Waals surface area contributed by atoms with Crippen molar-refractivity contribution >= 4 is 44.8 Å². The van der Waals surface area contributed by atoms with Gasteiger partial charge in [-0.05, 0) is 41.1 Å². The number of anilines is 2. The molecule has 0 aliphatic heterocycles. The number of amides is 1. The summed E-state index contributed by atoms with van der Waals surface area (Å²) < 4.78 is 2.31. The Labute approximate surface area is 123 Å². The van der Waals surface area contributed by atoms with Crippen LogP contribution in [0.25, 0.3) is 0 Å². The Kier molecular flexibility index (Phi) is 4.11. The van der Waals surface area contributed by atoms with Gasteiger partial charge in [-0.15, -0.1) is 0 Å². The number of carbonyl (C=O) groups excluding carboxylic acids is 1. The van der Waals surface area contributed by atoms with Crippen molar-refractivity contribution in [2.24, 2.45) is 0 Å². The predicted octanol–water partition coefficient (Wildman–Crippen LogP) is 3.15. The fourth-order valence-electron chi connectivity index (χ4n) is 1.55. The molecular formula is C12H12BrClN4O. The molecule has 19 heavy (non-hydrogen) atoms. The molecule has 2 aromatic rings. The largest absolute Gasteiger partial charge is 0.396 e. The van der Waals surface area contributed by atoms with Crippen molar-refractivity contribution in [3.05, 3.63) is 39.6 Å². The van der Waals surface area contributed by atoms with Gasteiger partial charge in [0.1, 0.15) is 0 Å². The number of nitrogens with one attached hydrogen (secondary N) is 1. The Bertz CT molecular complexity index is 626. The maximum Gasteiger partial charge on any atom is 0.278 e. The minimum absolute atomic E-state index is 0.212. The summed E-state index contributed by atoms with van der Waals surface area (Å²) in [6, 6.07) is 5.10. The zero-order valence-electron chi connectivity index (χ0n) is 10.2. The molecule has 0 bridgehead atoms. The van der Waals surface area contributed by atoms with E-state index >= 15 is 0 Å². The summed E-state index contributed by atoms with van der Waals surface area (Å²) in [7, 11) is 0. The number of nitrogen functional groups attached to an aromatic ring is 1. The Morgan fingerprint density at radius 2 is 2.32 bits per heavy atom. The van der Waals surface area contributed by atoms with Crippen LogP contribution in [0, 0.1) is 0 Å². The zero-order valence-corrected chi connectivity index (χ0v) is 12.5. The number of hydrogen-bond acceptors (Lipinski definition) is 3. The Morgan fingerprint density at radius 3 is 2.89 bits per heavy atom. The molecule has 7 heteroatoms. The molecule has 100 valence electrons. The van der Waals surface area contributed by atoms with Crippen LogP contribution in [0.4, 0.5) is 11.4 Å². The highest BCUT2D eigenvalue weighted by Gasteiger charge is 2.15. The number of benzene rings is 1. The molecule has 0 aliphatic rings. The summed E-state index contributed by atoms with van der Waals surface area (Å²) in [4.78, 5) is 12.1. The average molecular weight is 344 g/mol. The van der Waals surface area contributed by atoms with Gasteiger partial charge < -0.3 is 11.1 Å². The van der Waals surface area contributed by atoms with E-state index in [1.165, 1.54) is 0 Å². The lowest BCUT2D eigenvalue weighted by Crippen LogP contribution is -2.15. The number of rotatable bonds is 3. The predicted molar refractivity (Wildman–Crippen MR) is 79.4 cm³/mol. The molecule has 0 unspecified atom stereocenters. The van der Waals surface area contributed by atoms with Gasteiger partial charge in [-0.3, -0.25) is 9.48 Å². The highest BCUT2D eigenvalue weighted by Crippen LogP contribution is 2.26. The monoisotopic (exact) mass is 342 g/mol. The third kappa shape index (κ3) is 3.08. The van der Waals surface area contributed by atoms with Gasteiger partial charge in [-0.1, -0.05) is 11.6 Å². The summed E-state index contributed by atoms with van der Waals surface area (Å²) in [5.74, 6) is -0.354. The molecule has 5 nitrogen and oxygen atoms in total. The third-order valence-corrected chi connectivity index (χ3v) is 3.40. The molecule has 0 saturated heterocycles. The van der Waals surface area contributed by atoms with Crippen LogP contribution in [-0.2, 0) is 6.54 Å². The van der Waals surface area contributed by atoms with E-state index < -0.39 is 0 Å². The van der Waals surface area contributed by atoms with Crippen LogP contribution in [0.1, 0.15) is 17.4 Å². The van der Waals surface area contributed by atoms with Crippen molar-refractivity contribution in [1.29, 1.82) is 0 Å². The highest BCUT2D eigenvalue weighted by atomic mass is 79.9. The summed E-state index contributed by atoms with van der Waals surface area (Å²) in [5.41, 5.74) is 6.93. The highest BCUT2D eigenvalue weighted by molar-refractivity contribution is 9.10. The first-order valence-electron chi connectivity index (χ1n) is 5.60. The number of nitrogens with two attached hydrogens (primary N) is 1. The first-order chi connectivity index (χ1) is 9.01. The van der Waals surface area contributed by atoms with Gasteiger partial charge in [0.25, 0.3) is 5.91 Å². The number of aryl methyl sites for hydroxylation is 1. The number of hydrogen-bond donors (Lipinski definition) is 2. The summed E-state index contributed by atoms with van der Waals surface area (Å²) in [6.45, 7) is 2.58. The van der Waals surface area contributed by atoms with Gasteiger partial charge in [0.2, 0.25) is 0 Å². The van der Waals surface area contributed by atoms with Crippen molar-refractivity contribution in [3.8, 4) is 0 Å². The minimum atomic E-state index is -0.354. The van der Waals surface area contributed by atoms with Crippen LogP contribution >= 0.6 is 27.5 Å². The van der Waals surface area contributed by atoms with Crippen LogP contribution in [0.3, 0.4) is 0 Å². The molecule has 2 rings (SSSR count). The van der Waals surface area contributed by atoms with Crippen LogP contribution in [0.2, 0.25) is 5.02 Å². The lowest BCUT2D eigenvalue weighted by Gasteiger charge is -2.06. The fourth-order valence-corrected chi connectivity index (χ4v) is 2.33. The Balaban J connectivity index is 2.23. The molecule has 0 spiro atoms. The summed E-state index contributed by atoms with van der Waals surface area (Å²) >= 11 is 9.17. The van der Waals surface area contributed by atoms with E-state index in [9.17, 15) is 4.79 Å². The van der Waals surface area contributed by atoms with E-state index in [1.54, 1.807) is 29.1 Å². The second-order valence-electron chi connectivity index (χ2n) is 3.87. The molecular weight excluding hydrogens is 332 g/mol. The van der Waals surface area contributed by atoms with E-state index in [4.69, 9.17) is 17.3 Å². The number of aromatic nitrogens is 2. The van der Waals surface area contributed by atoms with Crippen LogP contribution in [0.5, 0.6) is 0 Å². The molecule has 3 N–H and O–H groups in total. The van der Waals surface area contributed by atoms with Crippen LogP contribution in [0.15, 0.2) is 28.9 Å². The maximum atomic E-state index is 12.1. The van der Waals surface area contributed by atoms with Crippen molar-refractivity contribution in [2.45, 2.75) is 13.5 Å². The molecule has 0 saturated carbocycles. The van der Waals surface area contributed by atoms with Gasteiger partial charge in [0.15, 0.2) is 5.69 Å². The van der Waals surface area contributed by atoms with Crippen LogP contribution < -0.4 is 11.1 Å². The van der Waals surface area contributed by atoms with Crippen molar-refractivity contribution in [2.75, 3.05) is 11.1 Å². The average Bonchev–Trinajstić information content (AvgIpc) is 2.74. The van der Waals surface area contributed by atoms with Crippen molar-refractivity contribution in [1.82, 2.24) is 9.78 Å². The second kappa shape index (κ2) is 5.63. The van der Waals surface area contributed by atoms with Crippen molar-refractivity contribution < 1.29 is 4.79 Å². The minimum Gasteiger partial charge on any atom is -0.396 e. The van der Waals surface area contributed by atoms with Gasteiger partial charge in [0.05, 0.1) is 11.4 Å². The molecule has 0 radical (unpaired) electrons. The van der Waals surface area contributed by atoms with E-state index in [0.717, 1.165) is 0 Å². The van der Waals surface area contributed by atoms with Gasteiger partial charge >= 0.3 is 0 Å². The lowest BCUT2D eigenvalue weighted by atomic mass is 10.3. The van der Waals surface area contributed by atoms with E-state index in [0.29, 0.717) is 27.4 Å². The summed E-state index contributed by atoms with van der Waals surface area (Å²) in [5, 5.41) is 7.42. The van der Waals surface area contributed by atoms with Gasteiger partial charge in [0, 0.05) is 22.2 Å². The smallest absolute Gasteiger partial charge is 0.278 e. The number of nitrogens with zero attached hydrogens (tertiary/aromatic N) is 2. The van der Waals surface area contributed by atoms with E-state index in [2.05, 4.69) is 26.3 Å². The third-order valence-electron chi connectivity index (χ3n) is 2.51. The first-order valence-corrected chi connectivity index (χ1v) is 6.77. The van der Waals surface area contributed by atoms with Crippen molar-refractivity contribution in [3.63, 3.8) is 0 Å². The van der Waals surface area contributed by atoms with E-state index in [-0.39, 0.29) is 11.6 Å². The maximum absolute atomic E-state index is 12.1. The number of halogens is 2. The molecule has 1 amide bonds. The fraction of sp³-hybridized carbons (Fsp3) is 0.167. The summed E-state index contributed by atoms with van der Waals surface area (Å²) in [6.07, 6.45) is 1.63. The van der Waals surface area contributed by atoms with E-state index in [1.807, 2.05) is 6.92 Å². The standard InChI is InChI=1S/C12H12BrClN4O/c1-2-18-6-9(15)11(17-18)12(19)16-10-4-3-7(14)5-8(10)13/h3-6H,2,15H2,1H3,(H,16,19). The number of carbonyl (C=O) groups is 1. The molecule has 1 aromatic carbocycles. The quantitative estimate of drug-likeness (QED) is 0.899. The second-order valence-corrected chi connectivity index (χ2v) is 5.16. The molecule has 1 aromatic heterocycles. The topological polar surface area (TPSA) is 72.9 Å². The van der Waals surface area contributed by atoms with Crippen LogP contribution in [-0.4, -0.2) is 15.7 Å². The SMILES string of the molecule is CCn1cc(N)c(C(=O)Nc2ccc(Cl)cc2Br)n1. The Morgan fingerprint density at radius 1 is 1.58 bits per heavy atom. The van der Waals surface area contributed by atoms with Gasteiger partial charge in [-0.25, -0.2) is 0 Å². The zero-order chi connectivity index (χ0) is 14.0. The Hall–Kier alpha value is -1.53. The first kappa shape index (κ1) is 13.9.